The summed E-state index contributed by atoms with van der Waals surface area (Å²) in [5.41, 5.74) is 2.73. The molecule has 0 radical (unpaired) electrons. The molecule has 3 rings (SSSR count). The largest absolute Gasteiger partial charge is 0.376 e. The van der Waals surface area contributed by atoms with Gasteiger partial charge in [0.1, 0.15) is 29.4 Å². The van der Waals surface area contributed by atoms with Gasteiger partial charge in [-0.1, -0.05) is 11.6 Å². The number of aromatic nitrogens is 5. The first kappa shape index (κ1) is 24.9. The summed E-state index contributed by atoms with van der Waals surface area (Å²) in [4.78, 5) is 28.8. The lowest BCUT2D eigenvalue weighted by Crippen LogP contribution is -2.11. The third kappa shape index (κ3) is 6.40. The van der Waals surface area contributed by atoms with Gasteiger partial charge in [-0.15, -0.1) is 11.8 Å². The lowest BCUT2D eigenvalue weighted by molar-refractivity contribution is -0.392. The molecule has 0 saturated carbocycles. The standard InChI is InChI=1S/C21H26ClN7O3S/c1-13-17(11-25-21-20(22)14(2)26-15(3)27-21)23-6-5-18(13)33-10-9-32-8-7-28-16(4)24-12-19(28)29(30)31/h5-6,12H,7-11H2,1-4H3,(H,25,26,27). The highest BCUT2D eigenvalue weighted by atomic mass is 35.5. The molecule has 0 aliphatic carbocycles. The fraction of sp³-hybridized carbons (Fsp3) is 0.429. The second-order valence-electron chi connectivity index (χ2n) is 7.29. The summed E-state index contributed by atoms with van der Waals surface area (Å²) < 4.78 is 7.23. The molecule has 0 aliphatic heterocycles. The average molecular weight is 492 g/mol. The molecule has 0 amide bonds. The number of nitrogens with one attached hydrogen (secondary N) is 1. The Kier molecular flexibility index (Phi) is 8.59. The monoisotopic (exact) mass is 491 g/mol. The molecule has 176 valence electrons. The minimum Gasteiger partial charge on any atom is -0.376 e. The number of hydrogen-bond donors (Lipinski definition) is 1. The minimum absolute atomic E-state index is 0.0207. The average Bonchev–Trinajstić information content (AvgIpc) is 3.14. The van der Waals surface area contributed by atoms with Crippen LogP contribution < -0.4 is 5.32 Å². The number of nitrogens with zero attached hydrogens (tertiary/aromatic N) is 6. The van der Waals surface area contributed by atoms with E-state index in [0.717, 1.165) is 27.6 Å². The number of ether oxygens (including phenoxy) is 1. The lowest BCUT2D eigenvalue weighted by Gasteiger charge is -2.13. The van der Waals surface area contributed by atoms with E-state index in [1.54, 1.807) is 29.4 Å². The van der Waals surface area contributed by atoms with Gasteiger partial charge >= 0.3 is 5.82 Å². The van der Waals surface area contributed by atoms with Crippen molar-refractivity contribution in [2.45, 2.75) is 45.7 Å². The van der Waals surface area contributed by atoms with Crippen LogP contribution in [0.1, 0.15) is 28.6 Å². The molecule has 3 aromatic heterocycles. The number of thioether (sulfide) groups is 1. The summed E-state index contributed by atoms with van der Waals surface area (Å²) >= 11 is 7.99. The number of imidazole rings is 1. The van der Waals surface area contributed by atoms with Gasteiger partial charge in [0.2, 0.25) is 0 Å². The van der Waals surface area contributed by atoms with E-state index in [1.807, 2.05) is 26.8 Å². The molecular weight excluding hydrogens is 466 g/mol. The first-order valence-corrected chi connectivity index (χ1v) is 11.7. The predicted octanol–water partition coefficient (Wildman–Crippen LogP) is 4.28. The summed E-state index contributed by atoms with van der Waals surface area (Å²) in [7, 11) is 0. The number of nitro groups is 1. The summed E-state index contributed by atoms with van der Waals surface area (Å²) in [6, 6.07) is 1.98. The van der Waals surface area contributed by atoms with Crippen molar-refractivity contribution in [1.82, 2.24) is 24.5 Å². The van der Waals surface area contributed by atoms with E-state index in [2.05, 4.69) is 25.3 Å². The Hall–Kier alpha value is -2.76. The zero-order valence-corrected chi connectivity index (χ0v) is 20.5. The van der Waals surface area contributed by atoms with Crippen LogP contribution in [0.3, 0.4) is 0 Å². The molecule has 12 heteroatoms. The zero-order chi connectivity index (χ0) is 24.0. The Morgan fingerprint density at radius 1 is 1.21 bits per heavy atom. The molecule has 0 aliphatic rings. The van der Waals surface area contributed by atoms with Crippen LogP contribution in [-0.2, 0) is 17.8 Å². The van der Waals surface area contributed by atoms with Gasteiger partial charge in [0, 0.05) is 23.8 Å². The quantitative estimate of drug-likeness (QED) is 0.181. The number of anilines is 1. The van der Waals surface area contributed by atoms with Gasteiger partial charge in [-0.05, 0) is 37.3 Å². The van der Waals surface area contributed by atoms with Crippen molar-refractivity contribution >= 4 is 35.0 Å². The van der Waals surface area contributed by atoms with Gasteiger partial charge in [0.15, 0.2) is 5.82 Å². The van der Waals surface area contributed by atoms with Crippen LogP contribution in [0.4, 0.5) is 11.6 Å². The van der Waals surface area contributed by atoms with Crippen LogP contribution >= 0.6 is 23.4 Å². The molecule has 33 heavy (non-hydrogen) atoms. The van der Waals surface area contributed by atoms with Crippen molar-refractivity contribution in [2.75, 3.05) is 24.3 Å². The van der Waals surface area contributed by atoms with E-state index < -0.39 is 4.92 Å². The fourth-order valence-corrected chi connectivity index (χ4v) is 4.29. The smallest absolute Gasteiger partial charge is 0.342 e. The summed E-state index contributed by atoms with van der Waals surface area (Å²) in [6.07, 6.45) is 3.05. The molecule has 0 spiro atoms. The van der Waals surface area contributed by atoms with Crippen molar-refractivity contribution in [3.05, 3.63) is 62.2 Å². The van der Waals surface area contributed by atoms with Crippen molar-refractivity contribution < 1.29 is 9.66 Å². The van der Waals surface area contributed by atoms with Gasteiger partial charge in [0.05, 0.1) is 31.1 Å². The molecule has 0 unspecified atom stereocenters. The summed E-state index contributed by atoms with van der Waals surface area (Å²) in [6.45, 7) is 9.24. The van der Waals surface area contributed by atoms with Crippen LogP contribution in [0.5, 0.6) is 0 Å². The van der Waals surface area contributed by atoms with Gasteiger partial charge in [-0.2, -0.15) is 0 Å². The molecule has 10 nitrogen and oxygen atoms in total. The summed E-state index contributed by atoms with van der Waals surface area (Å²) in [5.74, 6) is 2.59. The Morgan fingerprint density at radius 2 is 2.00 bits per heavy atom. The molecule has 0 fully saturated rings. The zero-order valence-electron chi connectivity index (χ0n) is 19.0. The number of pyridine rings is 1. The predicted molar refractivity (Wildman–Crippen MR) is 128 cm³/mol. The van der Waals surface area contributed by atoms with Crippen molar-refractivity contribution in [2.24, 2.45) is 0 Å². The van der Waals surface area contributed by atoms with Crippen LogP contribution in [-0.4, -0.2) is 48.4 Å². The van der Waals surface area contributed by atoms with Crippen molar-refractivity contribution in [3.63, 3.8) is 0 Å². The third-order valence-corrected chi connectivity index (χ3v) is 6.55. The topological polar surface area (TPSA) is 121 Å². The second-order valence-corrected chi connectivity index (χ2v) is 8.80. The first-order valence-electron chi connectivity index (χ1n) is 10.3. The molecule has 0 saturated heterocycles. The molecular formula is C21H26ClN7O3S. The number of aryl methyl sites for hydroxylation is 3. The van der Waals surface area contributed by atoms with Crippen molar-refractivity contribution in [3.8, 4) is 0 Å². The molecule has 0 bridgehead atoms. The maximum atomic E-state index is 11.0. The van der Waals surface area contributed by atoms with Crippen molar-refractivity contribution in [1.29, 1.82) is 0 Å². The van der Waals surface area contributed by atoms with Gasteiger partial charge in [0.25, 0.3) is 0 Å². The molecule has 1 N–H and O–H groups in total. The second kappa shape index (κ2) is 11.4. The number of rotatable bonds is 11. The van der Waals surface area contributed by atoms with Gasteiger partial charge in [-0.3, -0.25) is 4.98 Å². The van der Waals surface area contributed by atoms with E-state index in [0.29, 0.717) is 48.8 Å². The van der Waals surface area contributed by atoms with E-state index >= 15 is 0 Å². The Bertz CT molecular complexity index is 1140. The van der Waals surface area contributed by atoms with Crippen LogP contribution in [0.2, 0.25) is 5.02 Å². The lowest BCUT2D eigenvalue weighted by atomic mass is 10.2. The van der Waals surface area contributed by atoms with Crippen LogP contribution in [0.15, 0.2) is 23.4 Å². The molecule has 0 aromatic carbocycles. The van der Waals surface area contributed by atoms with E-state index in [4.69, 9.17) is 16.3 Å². The van der Waals surface area contributed by atoms with Gasteiger partial charge < -0.3 is 20.2 Å². The Labute approximate surface area is 201 Å². The molecule has 3 heterocycles. The number of halogens is 1. The molecule has 0 atom stereocenters. The normalized spacial score (nSPS) is 11.1. The van der Waals surface area contributed by atoms with Gasteiger partial charge in [-0.25, -0.2) is 19.5 Å². The third-order valence-electron chi connectivity index (χ3n) is 4.98. The molecule has 3 aromatic rings. The highest BCUT2D eigenvalue weighted by Gasteiger charge is 2.16. The van der Waals surface area contributed by atoms with E-state index in [1.165, 1.54) is 6.20 Å². The highest BCUT2D eigenvalue weighted by Crippen LogP contribution is 2.26. The number of hydrogen-bond acceptors (Lipinski definition) is 9. The SMILES string of the molecule is Cc1nc(C)c(Cl)c(NCc2nccc(SCCOCCn3c([N+](=O)[O-])cnc3C)c2C)n1. The first-order chi connectivity index (χ1) is 15.8. The Morgan fingerprint density at radius 3 is 2.76 bits per heavy atom. The minimum atomic E-state index is -0.435. The van der Waals surface area contributed by atoms with E-state index in [-0.39, 0.29) is 5.82 Å². The fourth-order valence-electron chi connectivity index (χ4n) is 3.22. The highest BCUT2D eigenvalue weighted by molar-refractivity contribution is 7.99. The maximum absolute atomic E-state index is 11.0. The van der Waals surface area contributed by atoms with Crippen LogP contribution in [0.25, 0.3) is 0 Å². The summed E-state index contributed by atoms with van der Waals surface area (Å²) in [5, 5.41) is 14.8. The van der Waals surface area contributed by atoms with Crippen LogP contribution in [0, 0.1) is 37.8 Å². The maximum Gasteiger partial charge on any atom is 0.342 e. The Balaban J connectivity index is 1.48. The van der Waals surface area contributed by atoms with E-state index in [9.17, 15) is 10.1 Å².